The topological polar surface area (TPSA) is 84.7 Å². The van der Waals surface area contributed by atoms with Gasteiger partial charge in [0, 0.05) is 26.2 Å². The molecule has 0 fully saturated rings. The molecule has 3 rings (SSSR count). The van der Waals surface area contributed by atoms with E-state index in [1.807, 2.05) is 26.0 Å². The van der Waals surface area contributed by atoms with Gasteiger partial charge in [-0.3, -0.25) is 4.55 Å². The van der Waals surface area contributed by atoms with E-state index in [0.29, 0.717) is 6.26 Å². The minimum atomic E-state index is -3.67. The molecule has 1 N–H and O–H groups in total. The van der Waals surface area contributed by atoms with Gasteiger partial charge in [0.15, 0.2) is 0 Å². The van der Waals surface area contributed by atoms with E-state index in [9.17, 15) is 8.42 Å². The molecule has 2 aromatic rings. The predicted molar refractivity (Wildman–Crippen MR) is 90.9 cm³/mol. The van der Waals surface area contributed by atoms with Crippen molar-refractivity contribution in [1.29, 1.82) is 0 Å². The van der Waals surface area contributed by atoms with E-state index in [4.69, 9.17) is 14.3 Å². The van der Waals surface area contributed by atoms with Crippen LogP contribution in [0.1, 0.15) is 20.3 Å². The first kappa shape index (κ1) is 17.6. The van der Waals surface area contributed by atoms with E-state index >= 15 is 0 Å². The first-order valence-electron chi connectivity index (χ1n) is 7.45. The average Bonchev–Trinajstić information content (AvgIpc) is 2.75. The highest BCUT2D eigenvalue weighted by Crippen LogP contribution is 2.28. The second-order valence-electron chi connectivity index (χ2n) is 5.89. The van der Waals surface area contributed by atoms with Crippen molar-refractivity contribution in [2.45, 2.75) is 32.9 Å². The van der Waals surface area contributed by atoms with Crippen LogP contribution in [0.5, 0.6) is 5.75 Å². The lowest BCUT2D eigenvalue weighted by Crippen LogP contribution is -2.28. The minimum Gasteiger partial charge on any atom is -0.491 e. The van der Waals surface area contributed by atoms with Gasteiger partial charge in [0.05, 0.1) is 23.4 Å². The van der Waals surface area contributed by atoms with Gasteiger partial charge in [0.1, 0.15) is 5.75 Å². The van der Waals surface area contributed by atoms with Crippen molar-refractivity contribution in [2.75, 3.05) is 24.7 Å². The van der Waals surface area contributed by atoms with Crippen molar-refractivity contribution in [3.8, 4) is 5.75 Å². The zero-order valence-electron chi connectivity index (χ0n) is 13.9. The van der Waals surface area contributed by atoms with Gasteiger partial charge in [-0.15, -0.1) is 0 Å². The number of rotatable bonds is 2. The third kappa shape index (κ3) is 4.84. The summed E-state index contributed by atoms with van der Waals surface area (Å²) in [6.45, 7) is 6.21. The number of aromatic nitrogens is 2. The summed E-state index contributed by atoms with van der Waals surface area (Å²) in [6, 6.07) is 6.18. The molecule has 0 spiro atoms. The number of nitrogens with zero attached hydrogens (tertiary/aromatic N) is 3. The Morgan fingerprint density at radius 2 is 1.96 bits per heavy atom. The highest BCUT2D eigenvalue weighted by molar-refractivity contribution is 7.85. The maximum Gasteiger partial charge on any atom is 0.261 e. The third-order valence-corrected chi connectivity index (χ3v) is 3.29. The molecule has 0 saturated carbocycles. The molecule has 0 saturated heterocycles. The van der Waals surface area contributed by atoms with Crippen molar-refractivity contribution < 1.29 is 17.7 Å². The number of anilines is 1. The smallest absolute Gasteiger partial charge is 0.261 e. The lowest BCUT2D eigenvalue weighted by atomic mass is 10.2. The Balaban J connectivity index is 0.000000338. The van der Waals surface area contributed by atoms with Crippen LogP contribution in [0.3, 0.4) is 0 Å². The zero-order valence-corrected chi connectivity index (χ0v) is 14.7. The third-order valence-electron chi connectivity index (χ3n) is 3.29. The number of aryl methyl sites for hydroxylation is 1. The van der Waals surface area contributed by atoms with Crippen LogP contribution in [0, 0.1) is 0 Å². The van der Waals surface area contributed by atoms with Gasteiger partial charge in [-0.2, -0.15) is 8.42 Å². The lowest BCUT2D eigenvalue weighted by molar-refractivity contribution is 0.242. The monoisotopic (exact) mass is 341 g/mol. The summed E-state index contributed by atoms with van der Waals surface area (Å²) in [5, 5.41) is 0. The highest BCUT2D eigenvalue weighted by atomic mass is 32.2. The quantitative estimate of drug-likeness (QED) is 0.843. The van der Waals surface area contributed by atoms with Crippen molar-refractivity contribution >= 4 is 27.1 Å². The fourth-order valence-corrected chi connectivity index (χ4v) is 2.52. The van der Waals surface area contributed by atoms with Gasteiger partial charge in [0.2, 0.25) is 5.95 Å². The van der Waals surface area contributed by atoms with Gasteiger partial charge >= 0.3 is 0 Å². The Morgan fingerprint density at radius 3 is 2.57 bits per heavy atom. The van der Waals surface area contributed by atoms with Crippen LogP contribution in [0.2, 0.25) is 0 Å². The van der Waals surface area contributed by atoms with Crippen LogP contribution in [-0.2, 0) is 16.7 Å². The molecule has 8 heteroatoms. The fraction of sp³-hybridized carbons (Fsp3) is 0.533. The lowest BCUT2D eigenvalue weighted by Gasteiger charge is -2.24. The molecule has 2 heterocycles. The summed E-state index contributed by atoms with van der Waals surface area (Å²) in [4.78, 5) is 6.93. The normalized spacial score (nSPS) is 14.4. The second kappa shape index (κ2) is 6.76. The first-order valence-corrected chi connectivity index (χ1v) is 9.30. The molecule has 7 nitrogen and oxygen atoms in total. The number of hydrogen-bond acceptors (Lipinski definition) is 5. The Labute approximate surface area is 136 Å². The van der Waals surface area contributed by atoms with Crippen LogP contribution < -0.4 is 9.64 Å². The minimum absolute atomic E-state index is 0.197. The van der Waals surface area contributed by atoms with Crippen molar-refractivity contribution in [3.63, 3.8) is 0 Å². The molecule has 0 radical (unpaired) electrons. The van der Waals surface area contributed by atoms with Gasteiger partial charge in [-0.05, 0) is 32.4 Å². The SMILES string of the molecule is CC(C)Oc1ccc2c(c1)nc1n2CCCN1C.CS(=O)(=O)O. The molecule has 1 aliphatic rings. The summed E-state index contributed by atoms with van der Waals surface area (Å²) in [5.74, 6) is 1.97. The van der Waals surface area contributed by atoms with Gasteiger partial charge in [0.25, 0.3) is 10.1 Å². The maximum absolute atomic E-state index is 9.19. The summed E-state index contributed by atoms with van der Waals surface area (Å²) in [7, 11) is -1.57. The highest BCUT2D eigenvalue weighted by Gasteiger charge is 2.18. The number of hydrogen-bond donors (Lipinski definition) is 1. The van der Waals surface area contributed by atoms with E-state index in [2.05, 4.69) is 22.6 Å². The van der Waals surface area contributed by atoms with E-state index in [-0.39, 0.29) is 6.10 Å². The van der Waals surface area contributed by atoms with Gasteiger partial charge < -0.3 is 14.2 Å². The van der Waals surface area contributed by atoms with E-state index in [1.54, 1.807) is 0 Å². The Kier molecular flexibility index (Phi) is 5.16. The molecule has 0 amide bonds. The molecule has 128 valence electrons. The molecule has 1 aromatic heterocycles. The fourth-order valence-electron chi connectivity index (χ4n) is 2.52. The van der Waals surface area contributed by atoms with Gasteiger partial charge in [-0.1, -0.05) is 0 Å². The Morgan fingerprint density at radius 1 is 1.30 bits per heavy atom. The standard InChI is InChI=1S/C14H19N3O.CH4O3S/c1-10(2)18-11-5-6-13-12(9-11)15-14-16(3)7-4-8-17(13)14;1-5(2,3)4/h5-6,9-10H,4,7-8H2,1-3H3;1H3,(H,2,3,4). The summed E-state index contributed by atoms with van der Waals surface area (Å²) >= 11 is 0. The van der Waals surface area contributed by atoms with Crippen LogP contribution in [-0.4, -0.2) is 48.5 Å². The molecule has 23 heavy (non-hydrogen) atoms. The van der Waals surface area contributed by atoms with Crippen LogP contribution >= 0.6 is 0 Å². The Hall–Kier alpha value is -1.80. The first-order chi connectivity index (χ1) is 10.6. The molecule has 1 aliphatic heterocycles. The number of fused-ring (bicyclic) bond motifs is 3. The molecular weight excluding hydrogens is 318 g/mol. The number of imidazole rings is 1. The predicted octanol–water partition coefficient (Wildman–Crippen LogP) is 2.17. The second-order valence-corrected chi connectivity index (χ2v) is 7.35. The largest absolute Gasteiger partial charge is 0.491 e. The molecular formula is C15H23N3O4S. The Bertz CT molecular complexity index is 775. The van der Waals surface area contributed by atoms with E-state index in [0.717, 1.165) is 30.3 Å². The summed E-state index contributed by atoms with van der Waals surface area (Å²) < 4.78 is 33.9. The van der Waals surface area contributed by atoms with E-state index in [1.165, 1.54) is 11.9 Å². The van der Waals surface area contributed by atoms with Gasteiger partial charge in [-0.25, -0.2) is 4.98 Å². The average molecular weight is 341 g/mol. The van der Waals surface area contributed by atoms with Crippen molar-refractivity contribution in [3.05, 3.63) is 18.2 Å². The molecule has 1 aromatic carbocycles. The number of ether oxygens (including phenoxy) is 1. The zero-order chi connectivity index (χ0) is 17.2. The van der Waals surface area contributed by atoms with Crippen LogP contribution in [0.15, 0.2) is 18.2 Å². The number of benzene rings is 1. The van der Waals surface area contributed by atoms with Crippen molar-refractivity contribution in [1.82, 2.24) is 9.55 Å². The van der Waals surface area contributed by atoms with E-state index < -0.39 is 10.1 Å². The summed E-state index contributed by atoms with van der Waals surface area (Å²) in [6.07, 6.45) is 2.09. The molecule has 0 bridgehead atoms. The van der Waals surface area contributed by atoms with Crippen LogP contribution in [0.4, 0.5) is 5.95 Å². The van der Waals surface area contributed by atoms with Crippen LogP contribution in [0.25, 0.3) is 11.0 Å². The summed E-state index contributed by atoms with van der Waals surface area (Å²) in [5.41, 5.74) is 2.23. The molecule has 0 unspecified atom stereocenters. The maximum atomic E-state index is 9.19. The van der Waals surface area contributed by atoms with Crippen molar-refractivity contribution in [2.24, 2.45) is 0 Å². The molecule has 0 atom stereocenters. The molecule has 0 aliphatic carbocycles.